The van der Waals surface area contributed by atoms with E-state index < -0.39 is 23.8 Å². The number of benzene rings is 1. The van der Waals surface area contributed by atoms with Crippen LogP contribution < -0.4 is 5.32 Å². The highest BCUT2D eigenvalue weighted by Crippen LogP contribution is 2.31. The molecule has 160 valence electrons. The van der Waals surface area contributed by atoms with E-state index in [-0.39, 0.29) is 17.5 Å². The van der Waals surface area contributed by atoms with Gasteiger partial charge in [0.05, 0.1) is 24.2 Å². The molecule has 1 aromatic carbocycles. The van der Waals surface area contributed by atoms with Crippen molar-refractivity contribution in [2.24, 2.45) is 11.8 Å². The first kappa shape index (κ1) is 22.8. The number of hydrogen-bond donors (Lipinski definition) is 4. The van der Waals surface area contributed by atoms with Gasteiger partial charge in [0.25, 0.3) is 0 Å². The minimum Gasteiger partial charge on any atom is -0.492 e. The molecule has 0 aliphatic heterocycles. The van der Waals surface area contributed by atoms with Crippen molar-refractivity contribution in [2.45, 2.75) is 39.5 Å². The third-order valence-corrected chi connectivity index (χ3v) is 4.90. The highest BCUT2D eigenvalue weighted by molar-refractivity contribution is 5.95. The van der Waals surface area contributed by atoms with Crippen LogP contribution in [0.15, 0.2) is 30.6 Å². The fraction of sp³-hybridized carbons (Fsp3) is 0.381. The van der Waals surface area contributed by atoms with Gasteiger partial charge in [-0.2, -0.15) is 0 Å². The lowest BCUT2D eigenvalue weighted by atomic mass is 9.78. The molecule has 0 bridgehead atoms. The van der Waals surface area contributed by atoms with Gasteiger partial charge in [-0.05, 0) is 38.3 Å². The Morgan fingerprint density at radius 1 is 1.03 bits per heavy atom. The van der Waals surface area contributed by atoms with Crippen LogP contribution in [0.3, 0.4) is 0 Å². The molecule has 2 atom stereocenters. The monoisotopic (exact) mass is 415 g/mol. The van der Waals surface area contributed by atoms with Crippen LogP contribution in [-0.4, -0.2) is 43.1 Å². The van der Waals surface area contributed by atoms with Crippen molar-refractivity contribution < 1.29 is 29.7 Å². The van der Waals surface area contributed by atoms with Crippen LogP contribution in [0.25, 0.3) is 0 Å². The molecule has 1 fully saturated rings. The first-order valence-electron chi connectivity index (χ1n) is 9.54. The molecule has 0 spiro atoms. The zero-order chi connectivity index (χ0) is 22.3. The van der Waals surface area contributed by atoms with Crippen LogP contribution in [0, 0.1) is 25.7 Å². The number of amides is 1. The number of aromatic nitrogens is 2. The summed E-state index contributed by atoms with van der Waals surface area (Å²) in [6.45, 7) is 3.94. The van der Waals surface area contributed by atoms with E-state index >= 15 is 0 Å². The average Bonchev–Trinajstić information content (AvgIpc) is 2.70. The highest BCUT2D eigenvalue weighted by Gasteiger charge is 2.35. The maximum absolute atomic E-state index is 12.3. The number of nitrogens with zero attached hydrogens (tertiary/aromatic N) is 2. The van der Waals surface area contributed by atoms with Crippen LogP contribution in [0.1, 0.15) is 47.3 Å². The second-order valence-electron chi connectivity index (χ2n) is 7.21. The Morgan fingerprint density at radius 2 is 1.70 bits per heavy atom. The number of carboxylic acid groups (broad SMARTS) is 2. The van der Waals surface area contributed by atoms with Crippen molar-refractivity contribution >= 4 is 23.5 Å². The molecular formula is C21H25N3O6. The summed E-state index contributed by atoms with van der Waals surface area (Å²) >= 11 is 0. The van der Waals surface area contributed by atoms with Crippen molar-refractivity contribution in [3.63, 3.8) is 0 Å². The molecule has 1 aliphatic rings. The summed E-state index contributed by atoms with van der Waals surface area (Å²) in [5, 5.41) is 29.0. The predicted octanol–water partition coefficient (Wildman–Crippen LogP) is 3.01. The topological polar surface area (TPSA) is 150 Å². The maximum atomic E-state index is 12.3. The Morgan fingerprint density at radius 3 is 2.23 bits per heavy atom. The van der Waals surface area contributed by atoms with Crippen LogP contribution in [0.2, 0.25) is 0 Å². The maximum Gasteiger partial charge on any atom is 0.356 e. The number of carboxylic acids is 2. The highest BCUT2D eigenvalue weighted by atomic mass is 16.4. The zero-order valence-corrected chi connectivity index (χ0v) is 16.8. The number of aromatic carboxylic acids is 1. The standard InChI is InChI=1S/C16H21NO3.C5H4N2O3/c1-10-7-8-14(11(2)9-10)17-15(18)12-5-3-4-6-13(12)16(19)20;8-4-2-6-1-3(7-4)5(9)10/h7-9,12-13H,3-6H2,1-2H3,(H,17,18)(H,19,20);1-2H,(H,7,8)(H,9,10). The van der Waals surface area contributed by atoms with E-state index in [1.165, 1.54) is 0 Å². The average molecular weight is 415 g/mol. The second-order valence-corrected chi connectivity index (χ2v) is 7.21. The Kier molecular flexibility index (Phi) is 7.85. The van der Waals surface area contributed by atoms with Gasteiger partial charge in [-0.25, -0.2) is 9.78 Å². The van der Waals surface area contributed by atoms with E-state index in [2.05, 4.69) is 15.3 Å². The van der Waals surface area contributed by atoms with Crippen LogP contribution in [-0.2, 0) is 9.59 Å². The minimum absolute atomic E-state index is 0.163. The smallest absolute Gasteiger partial charge is 0.356 e. The number of anilines is 1. The van der Waals surface area contributed by atoms with Gasteiger partial charge >= 0.3 is 11.9 Å². The number of carbonyl (C=O) groups is 3. The number of aliphatic carboxylic acids is 1. The van der Waals surface area contributed by atoms with Gasteiger partial charge in [0, 0.05) is 5.69 Å². The van der Waals surface area contributed by atoms with Crippen molar-refractivity contribution in [1.29, 1.82) is 0 Å². The summed E-state index contributed by atoms with van der Waals surface area (Å²) in [5.41, 5.74) is 2.65. The Balaban J connectivity index is 0.000000269. The van der Waals surface area contributed by atoms with E-state index in [0.29, 0.717) is 12.8 Å². The summed E-state index contributed by atoms with van der Waals surface area (Å²) in [7, 11) is 0. The molecule has 1 amide bonds. The van der Waals surface area contributed by atoms with Gasteiger partial charge < -0.3 is 20.6 Å². The summed E-state index contributed by atoms with van der Waals surface area (Å²) in [5.74, 6) is -3.57. The lowest BCUT2D eigenvalue weighted by Gasteiger charge is -2.27. The van der Waals surface area contributed by atoms with Gasteiger partial charge in [0.2, 0.25) is 11.8 Å². The fourth-order valence-corrected chi connectivity index (χ4v) is 3.38. The Bertz CT molecular complexity index is 931. The van der Waals surface area contributed by atoms with Gasteiger partial charge in [0.15, 0.2) is 5.69 Å². The summed E-state index contributed by atoms with van der Waals surface area (Å²) in [6, 6.07) is 5.82. The third-order valence-electron chi connectivity index (χ3n) is 4.90. The molecule has 1 saturated carbocycles. The van der Waals surface area contributed by atoms with Crippen LogP contribution in [0.5, 0.6) is 5.88 Å². The molecule has 1 aliphatic carbocycles. The normalized spacial score (nSPS) is 17.9. The Hall–Kier alpha value is -3.49. The molecule has 4 N–H and O–H groups in total. The number of carbonyl (C=O) groups excluding carboxylic acids is 1. The third kappa shape index (κ3) is 6.26. The SMILES string of the molecule is Cc1ccc(NC(=O)C2CCCCC2C(=O)O)c(C)c1.O=C(O)c1cncc(O)n1. The van der Waals surface area contributed by atoms with E-state index in [1.807, 2.05) is 32.0 Å². The largest absolute Gasteiger partial charge is 0.492 e. The lowest BCUT2D eigenvalue weighted by Crippen LogP contribution is -2.36. The molecule has 2 aromatic rings. The van der Waals surface area contributed by atoms with E-state index in [4.69, 9.17) is 10.2 Å². The fourth-order valence-electron chi connectivity index (χ4n) is 3.38. The van der Waals surface area contributed by atoms with Crippen LogP contribution in [0.4, 0.5) is 5.69 Å². The summed E-state index contributed by atoms with van der Waals surface area (Å²) in [4.78, 5) is 40.4. The molecule has 0 radical (unpaired) electrons. The van der Waals surface area contributed by atoms with Crippen molar-refractivity contribution in [2.75, 3.05) is 5.32 Å². The molecule has 1 aromatic heterocycles. The number of nitrogens with one attached hydrogen (secondary N) is 1. The number of rotatable bonds is 4. The summed E-state index contributed by atoms with van der Waals surface area (Å²) in [6.07, 6.45) is 5.20. The molecule has 0 saturated heterocycles. The molecule has 9 nitrogen and oxygen atoms in total. The van der Waals surface area contributed by atoms with Gasteiger partial charge in [-0.1, -0.05) is 30.5 Å². The first-order chi connectivity index (χ1) is 14.2. The second kappa shape index (κ2) is 10.3. The van der Waals surface area contributed by atoms with Crippen molar-refractivity contribution in [3.05, 3.63) is 47.4 Å². The Labute approximate surface area is 173 Å². The first-order valence-corrected chi connectivity index (χ1v) is 9.54. The van der Waals surface area contributed by atoms with Crippen molar-refractivity contribution in [1.82, 2.24) is 9.97 Å². The van der Waals surface area contributed by atoms with E-state index in [9.17, 15) is 19.5 Å². The molecular weight excluding hydrogens is 390 g/mol. The molecule has 2 unspecified atom stereocenters. The van der Waals surface area contributed by atoms with Gasteiger partial charge in [0.1, 0.15) is 0 Å². The number of hydrogen-bond acceptors (Lipinski definition) is 6. The van der Waals surface area contributed by atoms with E-state index in [0.717, 1.165) is 42.0 Å². The number of aromatic hydroxyl groups is 1. The minimum atomic E-state index is -1.21. The summed E-state index contributed by atoms with van der Waals surface area (Å²) < 4.78 is 0. The number of aryl methyl sites for hydroxylation is 2. The molecule has 9 heteroatoms. The zero-order valence-electron chi connectivity index (χ0n) is 16.8. The van der Waals surface area contributed by atoms with E-state index in [1.54, 1.807) is 0 Å². The van der Waals surface area contributed by atoms with Crippen molar-refractivity contribution in [3.8, 4) is 5.88 Å². The van der Waals surface area contributed by atoms with Crippen LogP contribution >= 0.6 is 0 Å². The molecule has 3 rings (SSSR count). The predicted molar refractivity (Wildman–Crippen MR) is 108 cm³/mol. The quantitative estimate of drug-likeness (QED) is 0.595. The lowest BCUT2D eigenvalue weighted by molar-refractivity contribution is -0.147. The molecule has 1 heterocycles. The molecule has 30 heavy (non-hydrogen) atoms. The van der Waals surface area contributed by atoms with Gasteiger partial charge in [-0.15, -0.1) is 0 Å². The van der Waals surface area contributed by atoms with Gasteiger partial charge in [-0.3, -0.25) is 14.6 Å².